The maximum Gasteiger partial charge on any atom is 0.269 e. The Labute approximate surface area is 123 Å². The number of hydrogen-bond donors (Lipinski definition) is 0. The molecule has 1 saturated heterocycles. The highest BCUT2D eigenvalue weighted by Gasteiger charge is 2.51. The highest BCUT2D eigenvalue weighted by molar-refractivity contribution is 5.93. The van der Waals surface area contributed by atoms with Crippen molar-refractivity contribution in [2.45, 2.75) is 37.6 Å². The van der Waals surface area contributed by atoms with Crippen LogP contribution in [0, 0.1) is 10.1 Å². The van der Waals surface area contributed by atoms with Gasteiger partial charge in [0.1, 0.15) is 5.54 Å². The maximum absolute atomic E-state index is 12.6. The van der Waals surface area contributed by atoms with Crippen molar-refractivity contribution in [1.29, 1.82) is 0 Å². The largest absolute Gasteiger partial charge is 0.339 e. The molecule has 1 amide bonds. The molecule has 0 bridgehead atoms. The number of nitro benzene ring substituents is 1. The SMILES string of the molecule is CN1CN(c2ccc([N+](=O)[O-])cc2)C2(CCCCC2)C1=O. The number of hydrogen-bond acceptors (Lipinski definition) is 4. The first kappa shape index (κ1) is 13.9. The second kappa shape index (κ2) is 5.02. The van der Waals surface area contributed by atoms with Crippen LogP contribution in [0.3, 0.4) is 0 Å². The molecule has 1 spiro atoms. The van der Waals surface area contributed by atoms with E-state index in [1.165, 1.54) is 18.6 Å². The Morgan fingerprint density at radius 1 is 1.14 bits per heavy atom. The highest BCUT2D eigenvalue weighted by Crippen LogP contribution is 2.41. The lowest BCUT2D eigenvalue weighted by molar-refractivity contribution is -0.384. The van der Waals surface area contributed by atoms with E-state index in [9.17, 15) is 14.9 Å². The third-order valence-corrected chi connectivity index (χ3v) is 4.67. The zero-order chi connectivity index (χ0) is 15.0. The Morgan fingerprint density at radius 2 is 1.76 bits per heavy atom. The van der Waals surface area contributed by atoms with Gasteiger partial charge in [-0.2, -0.15) is 0 Å². The lowest BCUT2D eigenvalue weighted by Crippen LogP contribution is -2.50. The molecule has 3 rings (SSSR count). The maximum atomic E-state index is 12.6. The van der Waals surface area contributed by atoms with Gasteiger partial charge in [0.2, 0.25) is 5.91 Å². The molecule has 0 atom stereocenters. The van der Waals surface area contributed by atoms with Crippen LogP contribution in [0.4, 0.5) is 11.4 Å². The van der Waals surface area contributed by atoms with Gasteiger partial charge in [-0.05, 0) is 25.0 Å². The molecule has 0 unspecified atom stereocenters. The molecule has 6 nitrogen and oxygen atoms in total. The monoisotopic (exact) mass is 289 g/mol. The minimum atomic E-state index is -0.441. The van der Waals surface area contributed by atoms with Crippen LogP contribution in [0.25, 0.3) is 0 Å². The summed E-state index contributed by atoms with van der Waals surface area (Å²) in [6, 6.07) is 6.52. The van der Waals surface area contributed by atoms with Crippen LogP contribution in [0.15, 0.2) is 24.3 Å². The topological polar surface area (TPSA) is 66.7 Å². The number of amides is 1. The Balaban J connectivity index is 1.95. The first-order chi connectivity index (χ1) is 10.0. The summed E-state index contributed by atoms with van der Waals surface area (Å²) < 4.78 is 0. The van der Waals surface area contributed by atoms with Gasteiger partial charge in [0.25, 0.3) is 5.69 Å². The predicted octanol–water partition coefficient (Wildman–Crippen LogP) is 2.53. The molecule has 1 heterocycles. The molecule has 1 aliphatic carbocycles. The summed E-state index contributed by atoms with van der Waals surface area (Å²) in [6.45, 7) is 0.552. The van der Waals surface area contributed by atoms with E-state index in [4.69, 9.17) is 0 Å². The van der Waals surface area contributed by atoms with Crippen molar-refractivity contribution in [3.63, 3.8) is 0 Å². The van der Waals surface area contributed by atoms with E-state index in [0.29, 0.717) is 6.67 Å². The van der Waals surface area contributed by atoms with E-state index < -0.39 is 10.5 Å². The number of benzene rings is 1. The predicted molar refractivity (Wildman–Crippen MR) is 79.0 cm³/mol. The normalized spacial score (nSPS) is 21.1. The summed E-state index contributed by atoms with van der Waals surface area (Å²) in [4.78, 5) is 26.9. The standard InChI is InChI=1S/C15H19N3O3/c1-16-11-17(12-5-7-13(8-6-12)18(20)21)15(14(16)19)9-3-2-4-10-15/h5-8H,2-4,9-11H2,1H3. The van der Waals surface area contributed by atoms with Crippen LogP contribution in [0.2, 0.25) is 0 Å². The zero-order valence-electron chi connectivity index (χ0n) is 12.1. The number of carbonyl (C=O) groups excluding carboxylic acids is 1. The minimum absolute atomic E-state index is 0.0790. The molecular formula is C15H19N3O3. The van der Waals surface area contributed by atoms with Crippen molar-refractivity contribution in [3.8, 4) is 0 Å². The van der Waals surface area contributed by atoms with E-state index in [0.717, 1.165) is 31.4 Å². The van der Waals surface area contributed by atoms with Crippen LogP contribution < -0.4 is 4.90 Å². The molecule has 1 saturated carbocycles. The fourth-order valence-corrected chi connectivity index (χ4v) is 3.59. The lowest BCUT2D eigenvalue weighted by atomic mass is 9.80. The molecule has 0 radical (unpaired) electrons. The molecule has 0 N–H and O–H groups in total. The zero-order valence-corrected chi connectivity index (χ0v) is 12.1. The molecule has 2 aliphatic rings. The third kappa shape index (κ3) is 2.14. The summed E-state index contributed by atoms with van der Waals surface area (Å²) in [5.74, 6) is 0.181. The van der Waals surface area contributed by atoms with Gasteiger partial charge in [-0.3, -0.25) is 14.9 Å². The second-order valence-electron chi connectivity index (χ2n) is 5.94. The molecule has 21 heavy (non-hydrogen) atoms. The fourth-order valence-electron chi connectivity index (χ4n) is 3.59. The average Bonchev–Trinajstić information content (AvgIpc) is 2.74. The number of carbonyl (C=O) groups is 1. The van der Waals surface area contributed by atoms with E-state index >= 15 is 0 Å². The Bertz CT molecular complexity index is 564. The second-order valence-corrected chi connectivity index (χ2v) is 5.94. The number of non-ortho nitro benzene ring substituents is 1. The summed E-state index contributed by atoms with van der Waals surface area (Å²) in [7, 11) is 1.82. The van der Waals surface area contributed by atoms with Crippen molar-refractivity contribution in [2.24, 2.45) is 0 Å². The quantitative estimate of drug-likeness (QED) is 0.620. The van der Waals surface area contributed by atoms with Gasteiger partial charge in [-0.15, -0.1) is 0 Å². The highest BCUT2D eigenvalue weighted by atomic mass is 16.6. The Morgan fingerprint density at radius 3 is 2.33 bits per heavy atom. The molecule has 6 heteroatoms. The van der Waals surface area contributed by atoms with E-state index in [2.05, 4.69) is 4.90 Å². The summed E-state index contributed by atoms with van der Waals surface area (Å²) in [6.07, 6.45) is 5.03. The number of nitro groups is 1. The van der Waals surface area contributed by atoms with Gasteiger partial charge in [0, 0.05) is 24.9 Å². The smallest absolute Gasteiger partial charge is 0.269 e. The van der Waals surface area contributed by atoms with Crippen LogP contribution in [-0.4, -0.2) is 35.0 Å². The van der Waals surface area contributed by atoms with Crippen molar-refractivity contribution in [1.82, 2.24) is 4.90 Å². The number of rotatable bonds is 2. The molecule has 0 aromatic heterocycles. The fraction of sp³-hybridized carbons (Fsp3) is 0.533. The van der Waals surface area contributed by atoms with E-state index in [1.807, 2.05) is 7.05 Å². The number of likely N-dealkylation sites (N-methyl/N-ethyl adjacent to an activating group) is 1. The summed E-state index contributed by atoms with van der Waals surface area (Å²) >= 11 is 0. The van der Waals surface area contributed by atoms with E-state index in [1.54, 1.807) is 17.0 Å². The molecule has 1 aromatic carbocycles. The number of anilines is 1. The number of nitrogens with zero attached hydrogens (tertiary/aromatic N) is 3. The first-order valence-corrected chi connectivity index (χ1v) is 7.32. The van der Waals surface area contributed by atoms with Gasteiger partial charge in [0.05, 0.1) is 11.6 Å². The van der Waals surface area contributed by atoms with Gasteiger partial charge >= 0.3 is 0 Å². The van der Waals surface area contributed by atoms with Crippen molar-refractivity contribution < 1.29 is 9.72 Å². The average molecular weight is 289 g/mol. The van der Waals surface area contributed by atoms with Crippen LogP contribution in [0.5, 0.6) is 0 Å². The Kier molecular flexibility index (Phi) is 3.31. The van der Waals surface area contributed by atoms with Gasteiger partial charge in [-0.25, -0.2) is 0 Å². The minimum Gasteiger partial charge on any atom is -0.339 e. The molecule has 112 valence electrons. The molecular weight excluding hydrogens is 270 g/mol. The summed E-state index contributed by atoms with van der Waals surface area (Å²) in [5, 5.41) is 10.8. The third-order valence-electron chi connectivity index (χ3n) is 4.67. The van der Waals surface area contributed by atoms with Crippen molar-refractivity contribution in [3.05, 3.63) is 34.4 Å². The summed E-state index contributed by atoms with van der Waals surface area (Å²) in [5.41, 5.74) is 0.527. The van der Waals surface area contributed by atoms with Gasteiger partial charge < -0.3 is 9.80 Å². The van der Waals surface area contributed by atoms with Gasteiger partial charge in [0.15, 0.2) is 0 Å². The lowest BCUT2D eigenvalue weighted by Gasteiger charge is -2.39. The Hall–Kier alpha value is -2.11. The molecule has 2 fully saturated rings. The van der Waals surface area contributed by atoms with Crippen molar-refractivity contribution in [2.75, 3.05) is 18.6 Å². The van der Waals surface area contributed by atoms with Gasteiger partial charge in [-0.1, -0.05) is 19.3 Å². The van der Waals surface area contributed by atoms with Crippen LogP contribution in [-0.2, 0) is 4.79 Å². The van der Waals surface area contributed by atoms with Crippen LogP contribution >= 0.6 is 0 Å². The van der Waals surface area contributed by atoms with Crippen molar-refractivity contribution >= 4 is 17.3 Å². The molecule has 1 aromatic rings. The van der Waals surface area contributed by atoms with E-state index in [-0.39, 0.29) is 11.6 Å². The van der Waals surface area contributed by atoms with Crippen LogP contribution in [0.1, 0.15) is 32.1 Å². The first-order valence-electron chi connectivity index (χ1n) is 7.32. The molecule has 1 aliphatic heterocycles.